The molecule has 1 aliphatic heterocycles. The van der Waals surface area contributed by atoms with Crippen molar-refractivity contribution in [1.82, 2.24) is 9.55 Å². The van der Waals surface area contributed by atoms with E-state index in [1.807, 2.05) is 12.3 Å². The molecule has 0 N–H and O–H groups in total. The van der Waals surface area contributed by atoms with Gasteiger partial charge in [-0.3, -0.25) is 4.79 Å². The van der Waals surface area contributed by atoms with Crippen molar-refractivity contribution in [2.75, 3.05) is 6.26 Å². The van der Waals surface area contributed by atoms with Crippen LogP contribution in [0.1, 0.15) is 30.7 Å². The lowest BCUT2D eigenvalue weighted by molar-refractivity contribution is -0.0550. The zero-order valence-corrected chi connectivity index (χ0v) is 14.8. The third-order valence-corrected chi connectivity index (χ3v) is 6.17. The van der Waals surface area contributed by atoms with Crippen molar-refractivity contribution in [2.45, 2.75) is 50.6 Å². The Morgan fingerprint density at radius 3 is 3.00 bits per heavy atom. The fraction of sp³-hybridized carbons (Fsp3) is 0.500. The van der Waals surface area contributed by atoms with E-state index in [0.717, 1.165) is 26.8 Å². The number of thioether (sulfide) groups is 1. The topological polar surface area (TPSA) is 44.1 Å². The van der Waals surface area contributed by atoms with Crippen LogP contribution >= 0.6 is 23.1 Å². The van der Waals surface area contributed by atoms with Gasteiger partial charge in [-0.25, -0.2) is 4.98 Å². The number of ether oxygens (including phenoxy) is 1. The Morgan fingerprint density at radius 1 is 1.59 bits per heavy atom. The van der Waals surface area contributed by atoms with E-state index in [4.69, 9.17) is 4.74 Å². The van der Waals surface area contributed by atoms with Crippen molar-refractivity contribution in [3.63, 3.8) is 0 Å². The molecule has 22 heavy (non-hydrogen) atoms. The van der Waals surface area contributed by atoms with E-state index >= 15 is 0 Å². The smallest absolute Gasteiger partial charge is 0.211 e. The van der Waals surface area contributed by atoms with Crippen LogP contribution in [0.2, 0.25) is 0 Å². The molecule has 0 fully saturated rings. The molecular formula is C16H20N2O2S2. The van der Waals surface area contributed by atoms with Gasteiger partial charge in [0.2, 0.25) is 5.43 Å². The lowest BCUT2D eigenvalue weighted by Crippen LogP contribution is -2.37. The number of rotatable bonds is 4. The molecule has 3 heterocycles. The summed E-state index contributed by atoms with van der Waals surface area (Å²) in [6.07, 6.45) is 5.39. The van der Waals surface area contributed by atoms with Gasteiger partial charge in [0.15, 0.2) is 5.16 Å². The summed E-state index contributed by atoms with van der Waals surface area (Å²) >= 11 is 3.19. The van der Waals surface area contributed by atoms with Crippen LogP contribution in [0, 0.1) is 0 Å². The van der Waals surface area contributed by atoms with Crippen molar-refractivity contribution >= 4 is 33.4 Å². The van der Waals surface area contributed by atoms with Gasteiger partial charge in [-0.15, -0.1) is 17.9 Å². The Bertz CT molecular complexity index is 794. The first-order valence-electron chi connectivity index (χ1n) is 7.37. The first-order valence-corrected chi connectivity index (χ1v) is 9.41. The molecule has 0 radical (unpaired) electrons. The number of hydrogen-bond acceptors (Lipinski definition) is 5. The van der Waals surface area contributed by atoms with E-state index in [-0.39, 0.29) is 11.0 Å². The molecule has 6 heteroatoms. The van der Waals surface area contributed by atoms with Crippen molar-refractivity contribution in [2.24, 2.45) is 0 Å². The first kappa shape index (κ1) is 15.8. The maximum Gasteiger partial charge on any atom is 0.211 e. The van der Waals surface area contributed by atoms with Gasteiger partial charge in [0.25, 0.3) is 0 Å². The largest absolute Gasteiger partial charge is 0.369 e. The summed E-state index contributed by atoms with van der Waals surface area (Å²) in [6.45, 7) is 9.16. The molecule has 3 rings (SSSR count). The third-order valence-electron chi connectivity index (χ3n) is 4.28. The summed E-state index contributed by atoms with van der Waals surface area (Å²) in [5, 5.41) is 0.866. The Labute approximate surface area is 138 Å². The highest BCUT2D eigenvalue weighted by Gasteiger charge is 2.32. The predicted molar refractivity (Wildman–Crippen MR) is 93.0 cm³/mol. The summed E-state index contributed by atoms with van der Waals surface area (Å²) in [5.41, 5.74) is 1.32. The lowest BCUT2D eigenvalue weighted by atomic mass is 9.91. The fourth-order valence-corrected chi connectivity index (χ4v) is 4.52. The number of imidazole rings is 1. The van der Waals surface area contributed by atoms with Gasteiger partial charge in [0.1, 0.15) is 10.3 Å². The van der Waals surface area contributed by atoms with Gasteiger partial charge in [-0.2, -0.15) is 0 Å². The quantitative estimate of drug-likeness (QED) is 0.632. The Kier molecular flexibility index (Phi) is 4.18. The number of aromatic nitrogens is 2. The zero-order chi connectivity index (χ0) is 15.9. The van der Waals surface area contributed by atoms with Crippen LogP contribution < -0.4 is 5.43 Å². The molecule has 4 nitrogen and oxygen atoms in total. The third kappa shape index (κ3) is 2.43. The molecule has 2 aromatic rings. The zero-order valence-electron chi connectivity index (χ0n) is 13.1. The Balaban J connectivity index is 2.24. The van der Waals surface area contributed by atoms with Crippen LogP contribution in [-0.4, -0.2) is 21.4 Å². The molecule has 0 bridgehead atoms. The van der Waals surface area contributed by atoms with E-state index in [0.29, 0.717) is 25.1 Å². The second kappa shape index (κ2) is 5.83. The van der Waals surface area contributed by atoms with E-state index in [2.05, 4.69) is 30.0 Å². The molecule has 0 saturated carbocycles. The van der Waals surface area contributed by atoms with Crippen LogP contribution in [0.5, 0.6) is 0 Å². The summed E-state index contributed by atoms with van der Waals surface area (Å²) in [4.78, 5) is 19.4. The number of hydrogen-bond donors (Lipinski definition) is 0. The molecule has 1 unspecified atom stereocenters. The van der Waals surface area contributed by atoms with Crippen molar-refractivity contribution in [1.29, 1.82) is 0 Å². The normalized spacial score (nSPS) is 21.0. The SMILES string of the molecule is C=CCn1c(SC)nc2c(=O)c3c(sc21)COC(C)(CC)C3. The molecule has 0 amide bonds. The maximum absolute atomic E-state index is 12.9. The lowest BCUT2D eigenvalue weighted by Gasteiger charge is -2.33. The molecule has 1 aliphatic rings. The fourth-order valence-electron chi connectivity index (χ4n) is 2.75. The molecular weight excluding hydrogens is 316 g/mol. The predicted octanol–water partition coefficient (Wildman–Crippen LogP) is 3.61. The summed E-state index contributed by atoms with van der Waals surface area (Å²) < 4.78 is 8.06. The maximum atomic E-state index is 12.9. The average molecular weight is 336 g/mol. The Hall–Kier alpha value is -1.11. The molecule has 1 atom stereocenters. The van der Waals surface area contributed by atoms with Crippen molar-refractivity contribution in [3.05, 3.63) is 33.3 Å². The minimum atomic E-state index is -0.238. The van der Waals surface area contributed by atoms with Gasteiger partial charge in [-0.1, -0.05) is 24.8 Å². The van der Waals surface area contributed by atoms with Gasteiger partial charge < -0.3 is 9.30 Å². The van der Waals surface area contributed by atoms with E-state index in [9.17, 15) is 4.79 Å². The molecule has 0 aromatic carbocycles. The number of allylic oxidation sites excluding steroid dienone is 1. The van der Waals surface area contributed by atoms with Gasteiger partial charge in [-0.05, 0) is 19.6 Å². The van der Waals surface area contributed by atoms with Crippen molar-refractivity contribution < 1.29 is 4.74 Å². The van der Waals surface area contributed by atoms with Crippen LogP contribution in [0.3, 0.4) is 0 Å². The highest BCUT2D eigenvalue weighted by atomic mass is 32.2. The Morgan fingerprint density at radius 2 is 2.36 bits per heavy atom. The van der Waals surface area contributed by atoms with Crippen LogP contribution in [-0.2, 0) is 24.3 Å². The second-order valence-electron chi connectivity index (χ2n) is 5.75. The average Bonchev–Trinajstić information content (AvgIpc) is 2.87. The summed E-state index contributed by atoms with van der Waals surface area (Å²) in [6, 6.07) is 0. The highest BCUT2D eigenvalue weighted by Crippen LogP contribution is 2.34. The van der Waals surface area contributed by atoms with Crippen molar-refractivity contribution in [3.8, 4) is 0 Å². The molecule has 2 aromatic heterocycles. The number of fused-ring (bicyclic) bond motifs is 2. The standard InChI is InChI=1S/C16H20N2O2S2/c1-5-7-18-14-12(17-15(18)21-4)13(19)10-8-16(3,6-2)20-9-11(10)22-14/h5H,1,6-9H2,2-4H3. The second-order valence-corrected chi connectivity index (χ2v) is 7.61. The summed E-state index contributed by atoms with van der Waals surface area (Å²) in [7, 11) is 0. The van der Waals surface area contributed by atoms with Gasteiger partial charge >= 0.3 is 0 Å². The van der Waals surface area contributed by atoms with Crippen LogP contribution in [0.4, 0.5) is 0 Å². The highest BCUT2D eigenvalue weighted by molar-refractivity contribution is 7.98. The summed E-state index contributed by atoms with van der Waals surface area (Å²) in [5.74, 6) is 0. The first-order chi connectivity index (χ1) is 10.5. The van der Waals surface area contributed by atoms with Gasteiger partial charge in [0.05, 0.1) is 12.2 Å². The van der Waals surface area contributed by atoms with Crippen LogP contribution in [0.25, 0.3) is 10.3 Å². The van der Waals surface area contributed by atoms with E-state index < -0.39 is 0 Å². The minimum absolute atomic E-state index is 0.0739. The molecule has 0 aliphatic carbocycles. The monoisotopic (exact) mass is 336 g/mol. The van der Waals surface area contributed by atoms with E-state index in [1.54, 1.807) is 23.1 Å². The number of nitrogens with zero attached hydrogens (tertiary/aromatic N) is 2. The van der Waals surface area contributed by atoms with Gasteiger partial charge in [0, 0.05) is 23.4 Å². The molecule has 0 saturated heterocycles. The molecule has 118 valence electrons. The molecule has 0 spiro atoms. The van der Waals surface area contributed by atoms with E-state index in [1.165, 1.54) is 0 Å². The minimum Gasteiger partial charge on any atom is -0.369 e. The van der Waals surface area contributed by atoms with Crippen LogP contribution in [0.15, 0.2) is 22.6 Å².